The van der Waals surface area contributed by atoms with Crippen molar-refractivity contribution < 1.29 is 21.6 Å². The number of benzene rings is 1. The minimum Gasteiger partial charge on any atom is -0.265 e. The number of rotatable bonds is 5. The molecule has 0 saturated carbocycles. The summed E-state index contributed by atoms with van der Waals surface area (Å²) in [4.78, 5) is 3.93. The normalized spacial score (nSPS) is 12.1. The van der Waals surface area contributed by atoms with Crippen molar-refractivity contribution in [2.45, 2.75) is 17.6 Å². The minimum absolute atomic E-state index is 0.0725. The lowest BCUT2D eigenvalue weighted by molar-refractivity contribution is -0.143. The molecule has 0 saturated heterocycles. The van der Waals surface area contributed by atoms with Crippen molar-refractivity contribution in [3.05, 3.63) is 67.1 Å². The van der Waals surface area contributed by atoms with Crippen LogP contribution in [0.3, 0.4) is 0 Å². The van der Waals surface area contributed by atoms with E-state index in [1.54, 1.807) is 0 Å². The molecule has 2 heterocycles. The van der Waals surface area contributed by atoms with Crippen LogP contribution in [-0.2, 0) is 22.6 Å². The van der Waals surface area contributed by atoms with Gasteiger partial charge in [0.1, 0.15) is 5.69 Å². The highest BCUT2D eigenvalue weighted by Gasteiger charge is 2.40. The lowest BCUT2D eigenvalue weighted by Gasteiger charge is -2.12. The molecule has 0 N–H and O–H groups in total. The molecule has 1 aromatic carbocycles. The van der Waals surface area contributed by atoms with Gasteiger partial charge in [0.25, 0.3) is 0 Å². The number of alkyl halides is 3. The van der Waals surface area contributed by atoms with Gasteiger partial charge in [0.15, 0.2) is 15.5 Å². The summed E-state index contributed by atoms with van der Waals surface area (Å²) in [5.41, 5.74) is -0.225. The molecule has 3 aromatic rings. The van der Waals surface area contributed by atoms with Gasteiger partial charge >= 0.3 is 6.18 Å². The minimum atomic E-state index is -4.65. The van der Waals surface area contributed by atoms with Crippen LogP contribution in [0.15, 0.2) is 66.3 Å². The van der Waals surface area contributed by atoms with E-state index in [4.69, 9.17) is 0 Å². The Morgan fingerprint density at radius 1 is 1.07 bits per heavy atom. The van der Waals surface area contributed by atoms with Crippen molar-refractivity contribution in [2.24, 2.45) is 0 Å². The van der Waals surface area contributed by atoms with Crippen LogP contribution in [0, 0.1) is 0 Å². The molecule has 146 valence electrons. The predicted octanol–water partition coefficient (Wildman–Crippen LogP) is 4.22. The van der Waals surface area contributed by atoms with Crippen molar-refractivity contribution in [3.8, 4) is 22.4 Å². The first-order valence-corrected chi connectivity index (χ1v) is 10.0. The summed E-state index contributed by atoms with van der Waals surface area (Å²) in [6, 6.07) is 8.53. The second-order valence-electron chi connectivity index (χ2n) is 6.07. The molecule has 9 heteroatoms. The number of pyridine rings is 1. The zero-order chi connectivity index (χ0) is 20.5. The number of hydrogen-bond acceptors (Lipinski definition) is 4. The van der Waals surface area contributed by atoms with E-state index in [9.17, 15) is 21.6 Å². The Balaban J connectivity index is 2.30. The summed E-state index contributed by atoms with van der Waals surface area (Å²) >= 11 is 0. The topological polar surface area (TPSA) is 64.8 Å². The molecule has 0 aliphatic heterocycles. The molecule has 3 rings (SSSR count). The monoisotopic (exact) mass is 407 g/mol. The van der Waals surface area contributed by atoms with Crippen LogP contribution in [0.2, 0.25) is 0 Å². The molecule has 0 fully saturated rings. The van der Waals surface area contributed by atoms with Crippen molar-refractivity contribution in [1.82, 2.24) is 14.8 Å². The first-order chi connectivity index (χ1) is 13.1. The van der Waals surface area contributed by atoms with Crippen LogP contribution in [0.1, 0.15) is 5.69 Å². The van der Waals surface area contributed by atoms with Gasteiger partial charge in [-0.2, -0.15) is 18.3 Å². The smallest absolute Gasteiger partial charge is 0.265 e. The van der Waals surface area contributed by atoms with E-state index in [2.05, 4.69) is 16.7 Å². The molecule has 0 bridgehead atoms. The van der Waals surface area contributed by atoms with Crippen molar-refractivity contribution >= 4 is 9.84 Å². The number of hydrogen-bond donors (Lipinski definition) is 0. The Hall–Kier alpha value is -2.94. The molecule has 0 aliphatic rings. The highest BCUT2D eigenvalue weighted by atomic mass is 32.2. The molecule has 0 spiro atoms. The third-order valence-electron chi connectivity index (χ3n) is 4.05. The SMILES string of the molecule is C=CCn1nc(-c2ccc(S(C)(=O)=O)cc2)c(-c2ccncc2)c1C(F)(F)F. The quantitative estimate of drug-likeness (QED) is 0.594. The zero-order valence-electron chi connectivity index (χ0n) is 14.8. The van der Waals surface area contributed by atoms with Gasteiger partial charge in [0.2, 0.25) is 0 Å². The van der Waals surface area contributed by atoms with E-state index in [1.165, 1.54) is 54.9 Å². The Morgan fingerprint density at radius 3 is 2.18 bits per heavy atom. The standard InChI is InChI=1S/C19H16F3N3O2S/c1-3-12-25-18(19(20,21)22)16(13-8-10-23-11-9-13)17(24-25)14-4-6-15(7-5-14)28(2,26)27/h3-11H,1,12H2,2H3. The van der Waals surface area contributed by atoms with E-state index in [0.29, 0.717) is 11.1 Å². The Labute approximate surface area is 160 Å². The third-order valence-corrected chi connectivity index (χ3v) is 5.18. The Kier molecular flexibility index (Phi) is 5.12. The molecule has 0 aliphatic carbocycles. The molecule has 28 heavy (non-hydrogen) atoms. The van der Waals surface area contributed by atoms with E-state index in [0.717, 1.165) is 10.9 Å². The van der Waals surface area contributed by atoms with Gasteiger partial charge in [-0.25, -0.2) is 8.42 Å². The van der Waals surface area contributed by atoms with Gasteiger partial charge in [-0.1, -0.05) is 18.2 Å². The predicted molar refractivity (Wildman–Crippen MR) is 99.2 cm³/mol. The molecule has 0 atom stereocenters. The number of nitrogens with zero attached hydrogens (tertiary/aromatic N) is 3. The van der Waals surface area contributed by atoms with Crippen LogP contribution in [-0.4, -0.2) is 29.4 Å². The molecule has 5 nitrogen and oxygen atoms in total. The second-order valence-corrected chi connectivity index (χ2v) is 8.09. The highest BCUT2D eigenvalue weighted by molar-refractivity contribution is 7.90. The number of allylic oxidation sites excluding steroid dienone is 1. The van der Waals surface area contributed by atoms with Crippen molar-refractivity contribution in [1.29, 1.82) is 0 Å². The number of halogens is 3. The van der Waals surface area contributed by atoms with Crippen LogP contribution >= 0.6 is 0 Å². The van der Waals surface area contributed by atoms with E-state index >= 15 is 0 Å². The largest absolute Gasteiger partial charge is 0.433 e. The zero-order valence-corrected chi connectivity index (χ0v) is 15.6. The molecule has 0 amide bonds. The van der Waals surface area contributed by atoms with E-state index in [-0.39, 0.29) is 22.7 Å². The second kappa shape index (κ2) is 7.23. The van der Waals surface area contributed by atoms with Gasteiger partial charge in [0, 0.05) is 29.8 Å². The van der Waals surface area contributed by atoms with E-state index in [1.807, 2.05) is 0 Å². The summed E-state index contributed by atoms with van der Waals surface area (Å²) in [5.74, 6) is 0. The van der Waals surface area contributed by atoms with Gasteiger partial charge in [-0.15, -0.1) is 6.58 Å². The summed E-state index contributed by atoms with van der Waals surface area (Å²) in [6.07, 6.45) is 0.535. The summed E-state index contributed by atoms with van der Waals surface area (Å²) in [7, 11) is -3.43. The van der Waals surface area contributed by atoms with Crippen LogP contribution < -0.4 is 0 Å². The maximum atomic E-state index is 13.9. The van der Waals surface area contributed by atoms with Crippen LogP contribution in [0.5, 0.6) is 0 Å². The lowest BCUT2D eigenvalue weighted by Crippen LogP contribution is -2.15. The summed E-state index contributed by atoms with van der Waals surface area (Å²) in [5, 5.41) is 4.16. The van der Waals surface area contributed by atoms with Crippen LogP contribution in [0.25, 0.3) is 22.4 Å². The average molecular weight is 407 g/mol. The van der Waals surface area contributed by atoms with Crippen molar-refractivity contribution in [2.75, 3.05) is 6.26 Å². The number of aromatic nitrogens is 3. The summed E-state index contributed by atoms with van der Waals surface area (Å²) < 4.78 is 65.8. The molecule has 2 aromatic heterocycles. The van der Waals surface area contributed by atoms with Crippen molar-refractivity contribution in [3.63, 3.8) is 0 Å². The third kappa shape index (κ3) is 3.84. The summed E-state index contributed by atoms with van der Waals surface area (Å²) in [6.45, 7) is 3.37. The molecule has 0 unspecified atom stereocenters. The fourth-order valence-corrected chi connectivity index (χ4v) is 3.49. The molecular formula is C19H16F3N3O2S. The average Bonchev–Trinajstić information content (AvgIpc) is 3.02. The molecular weight excluding hydrogens is 391 g/mol. The Bertz CT molecular complexity index is 1100. The molecule has 0 radical (unpaired) electrons. The first-order valence-electron chi connectivity index (χ1n) is 8.12. The van der Waals surface area contributed by atoms with Crippen LogP contribution in [0.4, 0.5) is 13.2 Å². The maximum absolute atomic E-state index is 13.9. The fourth-order valence-electron chi connectivity index (χ4n) is 2.86. The maximum Gasteiger partial charge on any atom is 0.433 e. The van der Waals surface area contributed by atoms with Gasteiger partial charge < -0.3 is 0 Å². The van der Waals surface area contributed by atoms with Gasteiger partial charge in [0.05, 0.1) is 11.4 Å². The van der Waals surface area contributed by atoms with Gasteiger partial charge in [-0.3, -0.25) is 9.67 Å². The van der Waals surface area contributed by atoms with E-state index < -0.39 is 21.7 Å². The number of sulfone groups is 1. The fraction of sp³-hybridized carbons (Fsp3) is 0.158. The lowest BCUT2D eigenvalue weighted by atomic mass is 9.99. The highest BCUT2D eigenvalue weighted by Crippen LogP contribution is 2.42. The Morgan fingerprint density at radius 2 is 1.68 bits per heavy atom. The van der Waals surface area contributed by atoms with Gasteiger partial charge in [-0.05, 0) is 29.8 Å². The first kappa shape index (κ1) is 19.8.